The Balaban J connectivity index is -0.000000510. The van der Waals surface area contributed by atoms with Gasteiger partial charge in [-0.25, -0.2) is 0 Å². The number of nitrogens with two attached hydrogens (primary N) is 1. The monoisotopic (exact) mass is 492 g/mol. The van der Waals surface area contributed by atoms with Gasteiger partial charge in [0.15, 0.2) is 11.4 Å². The van der Waals surface area contributed by atoms with Crippen LogP contribution in [0.25, 0.3) is 11.3 Å². The van der Waals surface area contributed by atoms with Gasteiger partial charge in [-0.15, -0.1) is 12.4 Å². The van der Waals surface area contributed by atoms with Crippen LogP contribution in [0.5, 0.6) is 5.75 Å². The Kier molecular flexibility index (Phi) is 5.71. The number of ketones is 2. The Bertz CT molecular complexity index is 1210. The topological polar surface area (TPSA) is 182 Å². The SMILES string of the molecule is C=C1c2cccc(O)c2C(O)=C2C(=O)C3(O)C(O)=C(C(N)=O)C(=O)[C@@H](N(C)C)[C@@H]3[C@@H](O)[C@H]12.Cl.[HH].[HH].[HH].[HH].[HH].[HH].[HH]. The highest BCUT2D eigenvalue weighted by Gasteiger charge is 2.68. The summed E-state index contributed by atoms with van der Waals surface area (Å²) in [6, 6.07) is 2.89. The highest BCUT2D eigenvalue weighted by molar-refractivity contribution is 6.25. The molecule has 0 saturated heterocycles. The van der Waals surface area contributed by atoms with Crippen molar-refractivity contribution < 1.29 is 49.9 Å². The zero-order valence-electron chi connectivity index (χ0n) is 17.6. The van der Waals surface area contributed by atoms with Gasteiger partial charge in [0, 0.05) is 15.9 Å². The number of likely N-dealkylation sites (N-methyl/N-ethyl adjacent to an activating group) is 1. The number of aliphatic hydroxyl groups is 4. The molecule has 1 unspecified atom stereocenters. The summed E-state index contributed by atoms with van der Waals surface area (Å²) >= 11 is 0. The third-order valence-electron chi connectivity index (χ3n) is 6.61. The lowest BCUT2D eigenvalue weighted by molar-refractivity contribution is -0.166. The highest BCUT2D eigenvalue weighted by Crippen LogP contribution is 2.55. The van der Waals surface area contributed by atoms with Gasteiger partial charge in [0.05, 0.1) is 29.2 Å². The van der Waals surface area contributed by atoms with Gasteiger partial charge in [0.1, 0.15) is 22.8 Å². The van der Waals surface area contributed by atoms with Crippen LogP contribution in [0.2, 0.25) is 0 Å². The molecule has 0 aromatic heterocycles. The molecule has 0 aliphatic heterocycles. The van der Waals surface area contributed by atoms with E-state index < -0.39 is 69.7 Å². The molecule has 7 N–H and O–H groups in total. The molecule has 5 atom stereocenters. The standard InChI is InChI=1S/C22H22N2O8.ClH.7H2/c1-7-8-5-4-6-9(25)11(8)16(26)12-10(7)17(27)14-15(24(2)3)18(28)13(21(23)31)20(30)22(14,32)19(12)29;;;;;;;;/h4-6,10,14-15,17,25-27,30,32H,1H2,2-3H3,(H2,23,31);8*1H/t10-,14-,15+,17+,22?;;;;;;;;/m1......../s1. The number of amides is 1. The molecule has 10 nitrogen and oxygen atoms in total. The number of phenolic OH excluding ortho intramolecular Hbond substituents is 1. The molecule has 1 fully saturated rings. The van der Waals surface area contributed by atoms with Gasteiger partial charge in [0.2, 0.25) is 5.78 Å². The van der Waals surface area contributed by atoms with E-state index >= 15 is 0 Å². The van der Waals surface area contributed by atoms with Crippen molar-refractivity contribution in [2.75, 3.05) is 14.1 Å². The molecule has 4 rings (SSSR count). The molecular weight excluding hydrogens is 456 g/mol. The number of aliphatic hydroxyl groups excluding tert-OH is 3. The summed E-state index contributed by atoms with van der Waals surface area (Å²) in [7, 11) is 2.88. The van der Waals surface area contributed by atoms with Crippen LogP contribution in [-0.4, -0.2) is 79.7 Å². The van der Waals surface area contributed by atoms with Crippen LogP contribution >= 0.6 is 12.4 Å². The smallest absolute Gasteiger partial charge is 0.255 e. The first-order valence-corrected chi connectivity index (χ1v) is 9.71. The zero-order chi connectivity index (χ0) is 23.9. The quantitative estimate of drug-likeness (QED) is 0.333. The first-order chi connectivity index (χ1) is 14.9. The molecule has 11 heteroatoms. The fourth-order valence-electron chi connectivity index (χ4n) is 5.21. The van der Waals surface area contributed by atoms with E-state index in [2.05, 4.69) is 6.58 Å². The summed E-state index contributed by atoms with van der Waals surface area (Å²) in [6.45, 7) is 3.91. The minimum Gasteiger partial charge on any atom is -0.508 e. The average molecular weight is 493 g/mol. The molecule has 1 aromatic rings. The maximum absolute atomic E-state index is 13.6. The van der Waals surface area contributed by atoms with E-state index in [0.29, 0.717) is 0 Å². The van der Waals surface area contributed by atoms with Gasteiger partial charge < -0.3 is 31.3 Å². The number of nitrogens with zero attached hydrogens (tertiary/aromatic N) is 1. The lowest BCUT2D eigenvalue weighted by Gasteiger charge is -2.52. The van der Waals surface area contributed by atoms with Crippen LogP contribution in [0, 0.1) is 11.8 Å². The summed E-state index contributed by atoms with van der Waals surface area (Å²) in [5, 5.41) is 54.7. The number of aromatic hydroxyl groups is 1. The van der Waals surface area contributed by atoms with Crippen LogP contribution in [0.3, 0.4) is 0 Å². The second kappa shape index (κ2) is 7.70. The van der Waals surface area contributed by atoms with Crippen molar-refractivity contribution in [3.63, 3.8) is 0 Å². The number of carbonyl (C=O) groups excluding carboxylic acids is 3. The Labute approximate surface area is 204 Å². The second-order valence-electron chi connectivity index (χ2n) is 8.44. The molecular formula is C22H37ClN2O8. The Morgan fingerprint density at radius 3 is 2.36 bits per heavy atom. The predicted molar refractivity (Wildman–Crippen MR) is 133 cm³/mol. The van der Waals surface area contributed by atoms with Crippen molar-refractivity contribution in [1.82, 2.24) is 4.90 Å². The number of Topliss-reactive ketones (excluding diaryl/α,β-unsaturated/α-hetero) is 2. The van der Waals surface area contributed by atoms with Gasteiger partial charge in [-0.2, -0.15) is 0 Å². The molecule has 3 aliphatic carbocycles. The molecule has 1 aromatic carbocycles. The molecule has 1 saturated carbocycles. The van der Waals surface area contributed by atoms with E-state index in [1.807, 2.05) is 0 Å². The van der Waals surface area contributed by atoms with Crippen molar-refractivity contribution in [2.45, 2.75) is 17.7 Å². The molecule has 3 aliphatic rings. The van der Waals surface area contributed by atoms with E-state index in [1.54, 1.807) is 0 Å². The Morgan fingerprint density at radius 1 is 1.21 bits per heavy atom. The average Bonchev–Trinajstić information content (AvgIpc) is 2.70. The lowest BCUT2D eigenvalue weighted by Crippen LogP contribution is -2.70. The van der Waals surface area contributed by atoms with Crippen molar-refractivity contribution in [3.8, 4) is 5.75 Å². The number of rotatable bonds is 2. The van der Waals surface area contributed by atoms with Crippen LogP contribution in [0.15, 0.2) is 41.7 Å². The summed E-state index contributed by atoms with van der Waals surface area (Å²) in [6.07, 6.45) is -1.69. The fourth-order valence-corrected chi connectivity index (χ4v) is 5.21. The summed E-state index contributed by atoms with van der Waals surface area (Å²) in [5.74, 6) is -8.78. The van der Waals surface area contributed by atoms with Crippen LogP contribution in [0.1, 0.15) is 21.1 Å². The number of hydrogen-bond acceptors (Lipinski definition) is 9. The third-order valence-corrected chi connectivity index (χ3v) is 6.61. The minimum absolute atomic E-state index is 0. The summed E-state index contributed by atoms with van der Waals surface area (Å²) in [5.41, 5.74) is 1.16. The number of fused-ring (bicyclic) bond motifs is 3. The molecule has 0 spiro atoms. The lowest BCUT2D eigenvalue weighted by atomic mass is 9.55. The third kappa shape index (κ3) is 2.88. The molecule has 0 heterocycles. The van der Waals surface area contributed by atoms with E-state index in [1.165, 1.54) is 37.2 Å². The van der Waals surface area contributed by atoms with Crippen molar-refractivity contribution in [3.05, 3.63) is 52.8 Å². The number of carbonyl (C=O) groups is 3. The molecule has 33 heavy (non-hydrogen) atoms. The van der Waals surface area contributed by atoms with Crippen LogP contribution < -0.4 is 5.73 Å². The predicted octanol–water partition coefficient (Wildman–Crippen LogP) is 1.55. The maximum atomic E-state index is 13.6. The Morgan fingerprint density at radius 2 is 1.82 bits per heavy atom. The second-order valence-corrected chi connectivity index (χ2v) is 8.44. The number of benzene rings is 1. The Hall–Kier alpha value is -3.18. The number of halogens is 1. The normalized spacial score (nSPS) is 31.1. The number of hydrogen-bond donors (Lipinski definition) is 6. The van der Waals surface area contributed by atoms with Gasteiger partial charge in [-0.05, 0) is 31.3 Å². The van der Waals surface area contributed by atoms with E-state index in [9.17, 15) is 39.9 Å². The summed E-state index contributed by atoms with van der Waals surface area (Å²) < 4.78 is 0. The van der Waals surface area contributed by atoms with Gasteiger partial charge in [0.25, 0.3) is 5.91 Å². The number of phenols is 1. The fraction of sp³-hybridized carbons (Fsp3) is 0.318. The van der Waals surface area contributed by atoms with Crippen molar-refractivity contribution in [1.29, 1.82) is 0 Å². The van der Waals surface area contributed by atoms with E-state index in [4.69, 9.17) is 5.73 Å². The largest absolute Gasteiger partial charge is 0.508 e. The van der Waals surface area contributed by atoms with Crippen molar-refractivity contribution >= 4 is 41.2 Å². The first-order valence-electron chi connectivity index (χ1n) is 9.71. The van der Waals surface area contributed by atoms with Crippen LogP contribution in [-0.2, 0) is 14.4 Å². The van der Waals surface area contributed by atoms with Gasteiger partial charge >= 0.3 is 0 Å². The molecule has 1 amide bonds. The molecule has 0 radical (unpaired) electrons. The highest BCUT2D eigenvalue weighted by atomic mass is 35.5. The van der Waals surface area contributed by atoms with Crippen molar-refractivity contribution in [2.24, 2.45) is 17.6 Å². The van der Waals surface area contributed by atoms with E-state index in [-0.39, 0.29) is 44.8 Å². The molecule has 0 bridgehead atoms. The molecule has 190 valence electrons. The minimum atomic E-state index is -2.94. The maximum Gasteiger partial charge on any atom is 0.255 e. The van der Waals surface area contributed by atoms with E-state index in [0.717, 1.165) is 0 Å². The van der Waals surface area contributed by atoms with Gasteiger partial charge in [-0.3, -0.25) is 19.3 Å². The van der Waals surface area contributed by atoms with Gasteiger partial charge in [-0.1, -0.05) is 18.7 Å². The summed E-state index contributed by atoms with van der Waals surface area (Å²) in [4.78, 5) is 39.8. The van der Waals surface area contributed by atoms with Crippen LogP contribution in [0.4, 0.5) is 0 Å². The zero-order valence-corrected chi connectivity index (χ0v) is 18.5. The number of primary amides is 1. The first kappa shape index (κ1) is 24.5.